The van der Waals surface area contributed by atoms with E-state index in [9.17, 15) is 13.2 Å². The Kier molecular flexibility index (Phi) is 3.77. The molecular formula is C16H14ClF3N4O. The molecule has 1 aliphatic rings. The lowest BCUT2D eigenvalue weighted by Crippen LogP contribution is -2.30. The third-order valence-corrected chi connectivity index (χ3v) is 4.64. The Labute approximate surface area is 145 Å². The molecule has 1 aromatic carbocycles. The Morgan fingerprint density at radius 3 is 2.80 bits per heavy atom. The molecule has 0 amide bonds. The summed E-state index contributed by atoms with van der Waals surface area (Å²) in [4.78, 5) is 9.29. The van der Waals surface area contributed by atoms with Gasteiger partial charge in [0.25, 0.3) is 0 Å². The van der Waals surface area contributed by atoms with Crippen LogP contribution in [-0.2, 0) is 6.18 Å². The zero-order chi connectivity index (χ0) is 17.8. The van der Waals surface area contributed by atoms with Crippen molar-refractivity contribution in [2.45, 2.75) is 18.6 Å². The van der Waals surface area contributed by atoms with Gasteiger partial charge in [0.2, 0.25) is 5.82 Å². The first kappa shape index (κ1) is 16.4. The standard InChI is InChI=1S/C16H14ClF3N4O/c1-21-9-4-5-24(7-9)14-13-12(22-15(23-14)16(18,19)20)10-6-8(17)2-3-11(10)25-13/h2-3,6,9,21H,4-5,7H2,1H3/t9-/m0/s1. The van der Waals surface area contributed by atoms with Crippen LogP contribution in [0.2, 0.25) is 5.02 Å². The SMILES string of the molecule is CN[C@H]1CCN(c2nc(C(F)(F)F)nc3c2oc2ccc(Cl)cc23)C1. The molecule has 1 atom stereocenters. The van der Waals surface area contributed by atoms with Gasteiger partial charge >= 0.3 is 6.18 Å². The Balaban J connectivity index is 1.98. The number of alkyl halides is 3. The molecule has 132 valence electrons. The van der Waals surface area contributed by atoms with Gasteiger partial charge in [-0.3, -0.25) is 0 Å². The summed E-state index contributed by atoms with van der Waals surface area (Å²) in [5.41, 5.74) is 0.809. The first-order valence-electron chi connectivity index (χ1n) is 7.76. The van der Waals surface area contributed by atoms with E-state index in [1.54, 1.807) is 23.1 Å². The number of aromatic nitrogens is 2. The van der Waals surface area contributed by atoms with Crippen molar-refractivity contribution in [2.75, 3.05) is 25.0 Å². The summed E-state index contributed by atoms with van der Waals surface area (Å²) in [6.07, 6.45) is -3.83. The fourth-order valence-electron chi connectivity index (χ4n) is 3.13. The number of nitrogens with one attached hydrogen (secondary N) is 1. The number of anilines is 1. The summed E-state index contributed by atoms with van der Waals surface area (Å²) >= 11 is 5.98. The smallest absolute Gasteiger partial charge is 0.450 e. The van der Waals surface area contributed by atoms with Crippen LogP contribution in [0.4, 0.5) is 19.0 Å². The zero-order valence-electron chi connectivity index (χ0n) is 13.2. The maximum absolute atomic E-state index is 13.3. The van der Waals surface area contributed by atoms with Gasteiger partial charge in [0.05, 0.1) is 0 Å². The van der Waals surface area contributed by atoms with Crippen molar-refractivity contribution >= 4 is 39.5 Å². The van der Waals surface area contributed by atoms with Gasteiger partial charge in [0.15, 0.2) is 11.4 Å². The Hall–Kier alpha value is -2.06. The molecule has 25 heavy (non-hydrogen) atoms. The quantitative estimate of drug-likeness (QED) is 0.742. The molecule has 3 heterocycles. The number of benzene rings is 1. The van der Waals surface area contributed by atoms with Crippen LogP contribution in [0.1, 0.15) is 12.2 Å². The number of rotatable bonds is 2. The van der Waals surface area contributed by atoms with Gasteiger partial charge in [0.1, 0.15) is 11.1 Å². The molecule has 9 heteroatoms. The van der Waals surface area contributed by atoms with Crippen molar-refractivity contribution in [3.05, 3.63) is 29.0 Å². The Bertz CT molecular complexity index is 956. The molecule has 0 saturated carbocycles. The highest BCUT2D eigenvalue weighted by molar-refractivity contribution is 6.31. The predicted molar refractivity (Wildman–Crippen MR) is 89.0 cm³/mol. The summed E-state index contributed by atoms with van der Waals surface area (Å²) in [5.74, 6) is -1.01. The summed E-state index contributed by atoms with van der Waals surface area (Å²) < 4.78 is 45.7. The molecule has 5 nitrogen and oxygen atoms in total. The summed E-state index contributed by atoms with van der Waals surface area (Å²) in [5, 5.41) is 3.98. The van der Waals surface area contributed by atoms with Crippen molar-refractivity contribution in [1.82, 2.24) is 15.3 Å². The molecule has 0 bridgehead atoms. The lowest BCUT2D eigenvalue weighted by Gasteiger charge is -2.18. The molecule has 4 rings (SSSR count). The largest absolute Gasteiger partial charge is 0.451 e. The Morgan fingerprint density at radius 1 is 1.32 bits per heavy atom. The first-order chi connectivity index (χ1) is 11.9. The van der Waals surface area contributed by atoms with Gasteiger partial charge < -0.3 is 14.6 Å². The minimum atomic E-state index is -4.65. The molecule has 1 N–H and O–H groups in total. The van der Waals surface area contributed by atoms with Crippen molar-refractivity contribution in [1.29, 1.82) is 0 Å². The van der Waals surface area contributed by atoms with Crippen LogP contribution in [0.15, 0.2) is 22.6 Å². The fourth-order valence-corrected chi connectivity index (χ4v) is 3.30. The van der Waals surface area contributed by atoms with E-state index >= 15 is 0 Å². The molecule has 3 aromatic rings. The normalized spacial score (nSPS) is 18.6. The van der Waals surface area contributed by atoms with E-state index in [4.69, 9.17) is 16.0 Å². The number of fused-ring (bicyclic) bond motifs is 3. The number of nitrogens with zero attached hydrogens (tertiary/aromatic N) is 3. The van der Waals surface area contributed by atoms with Gasteiger partial charge in [-0.2, -0.15) is 13.2 Å². The second-order valence-electron chi connectivity index (χ2n) is 6.01. The number of hydrogen-bond acceptors (Lipinski definition) is 5. The topological polar surface area (TPSA) is 54.2 Å². The zero-order valence-corrected chi connectivity index (χ0v) is 13.9. The second kappa shape index (κ2) is 5.74. The minimum Gasteiger partial charge on any atom is -0.450 e. The number of halogens is 4. The van der Waals surface area contributed by atoms with Crippen LogP contribution in [0, 0.1) is 0 Å². The second-order valence-corrected chi connectivity index (χ2v) is 6.45. The van der Waals surface area contributed by atoms with E-state index in [1.165, 1.54) is 0 Å². The number of likely N-dealkylation sites (N-methyl/N-ethyl adjacent to an activating group) is 1. The van der Waals surface area contributed by atoms with Gasteiger partial charge in [-0.15, -0.1) is 0 Å². The minimum absolute atomic E-state index is 0.128. The Morgan fingerprint density at radius 2 is 2.12 bits per heavy atom. The van der Waals surface area contributed by atoms with E-state index in [-0.39, 0.29) is 23.0 Å². The third-order valence-electron chi connectivity index (χ3n) is 4.41. The maximum atomic E-state index is 13.3. The summed E-state index contributed by atoms with van der Waals surface area (Å²) in [6, 6.07) is 4.99. The third kappa shape index (κ3) is 2.79. The average Bonchev–Trinajstić information content (AvgIpc) is 3.17. The van der Waals surface area contributed by atoms with Gasteiger partial charge in [-0.05, 0) is 31.7 Å². The van der Waals surface area contributed by atoms with Gasteiger partial charge in [-0.1, -0.05) is 11.6 Å². The van der Waals surface area contributed by atoms with Crippen LogP contribution in [0.5, 0.6) is 0 Å². The molecule has 0 unspecified atom stereocenters. The van der Waals surface area contributed by atoms with E-state index in [2.05, 4.69) is 15.3 Å². The average molecular weight is 371 g/mol. The fraction of sp³-hybridized carbons (Fsp3) is 0.375. The van der Waals surface area contributed by atoms with Gasteiger partial charge in [-0.25, -0.2) is 9.97 Å². The molecule has 1 fully saturated rings. The highest BCUT2D eigenvalue weighted by Gasteiger charge is 2.37. The van der Waals surface area contributed by atoms with Crippen molar-refractivity contribution in [3.63, 3.8) is 0 Å². The van der Waals surface area contributed by atoms with Crippen molar-refractivity contribution in [2.24, 2.45) is 0 Å². The van der Waals surface area contributed by atoms with Crippen LogP contribution in [0.25, 0.3) is 22.1 Å². The number of furan rings is 1. The molecule has 0 spiro atoms. The highest BCUT2D eigenvalue weighted by atomic mass is 35.5. The van der Waals surface area contributed by atoms with Crippen LogP contribution in [-0.4, -0.2) is 36.1 Å². The van der Waals surface area contributed by atoms with E-state index in [1.807, 2.05) is 7.05 Å². The van der Waals surface area contributed by atoms with E-state index in [0.29, 0.717) is 29.1 Å². The molecular weight excluding hydrogens is 357 g/mol. The van der Waals surface area contributed by atoms with Crippen LogP contribution in [0.3, 0.4) is 0 Å². The highest BCUT2D eigenvalue weighted by Crippen LogP contribution is 2.38. The van der Waals surface area contributed by atoms with Crippen molar-refractivity contribution < 1.29 is 17.6 Å². The van der Waals surface area contributed by atoms with Crippen molar-refractivity contribution in [3.8, 4) is 0 Å². The predicted octanol–water partition coefficient (Wildman–Crippen LogP) is 3.85. The summed E-state index contributed by atoms with van der Waals surface area (Å²) in [6.45, 7) is 1.14. The molecule has 2 aromatic heterocycles. The summed E-state index contributed by atoms with van der Waals surface area (Å²) in [7, 11) is 1.83. The first-order valence-corrected chi connectivity index (χ1v) is 8.14. The maximum Gasteiger partial charge on any atom is 0.451 e. The van der Waals surface area contributed by atoms with E-state index < -0.39 is 12.0 Å². The van der Waals surface area contributed by atoms with E-state index in [0.717, 1.165) is 6.42 Å². The van der Waals surface area contributed by atoms with Gasteiger partial charge in [0, 0.05) is 29.5 Å². The molecule has 1 aliphatic heterocycles. The monoisotopic (exact) mass is 370 g/mol. The van der Waals surface area contributed by atoms with Crippen LogP contribution < -0.4 is 10.2 Å². The molecule has 0 aliphatic carbocycles. The van der Waals surface area contributed by atoms with Crippen LogP contribution >= 0.6 is 11.6 Å². The lowest BCUT2D eigenvalue weighted by atomic mass is 10.2. The number of hydrogen-bond donors (Lipinski definition) is 1. The molecule has 0 radical (unpaired) electrons. The lowest BCUT2D eigenvalue weighted by molar-refractivity contribution is -0.144. The molecule has 1 saturated heterocycles.